The summed E-state index contributed by atoms with van der Waals surface area (Å²) in [4.78, 5) is 22.8. The number of nitrogens with one attached hydrogen (secondary N) is 2. The van der Waals surface area contributed by atoms with Crippen LogP contribution in [0.4, 0.5) is 0 Å². The molecule has 3 N–H and O–H groups in total. The first-order valence-electron chi connectivity index (χ1n) is 6.67. The van der Waals surface area contributed by atoms with E-state index in [1.807, 2.05) is 20.8 Å². The fourth-order valence-corrected chi connectivity index (χ4v) is 2.18. The molecule has 0 saturated heterocycles. The average Bonchev–Trinajstić information content (AvgIpc) is 2.34. The maximum Gasteiger partial charge on any atom is 0.335 e. The summed E-state index contributed by atoms with van der Waals surface area (Å²) < 4.78 is 0.707. The van der Waals surface area contributed by atoms with Crippen LogP contribution in [0.5, 0.6) is 0 Å². The molecule has 1 rings (SSSR count). The summed E-state index contributed by atoms with van der Waals surface area (Å²) in [6, 6.07) is 4.49. The Morgan fingerprint density at radius 1 is 1.33 bits per heavy atom. The smallest absolute Gasteiger partial charge is 0.335 e. The van der Waals surface area contributed by atoms with E-state index in [9.17, 15) is 9.59 Å². The average molecular weight is 357 g/mol. The predicted molar refractivity (Wildman–Crippen MR) is 85.3 cm³/mol. The van der Waals surface area contributed by atoms with Gasteiger partial charge in [0, 0.05) is 16.6 Å². The van der Waals surface area contributed by atoms with E-state index in [4.69, 9.17) is 5.11 Å². The van der Waals surface area contributed by atoms with Crippen LogP contribution in [0, 0.1) is 0 Å². The van der Waals surface area contributed by atoms with Gasteiger partial charge in [0.2, 0.25) is 5.91 Å². The van der Waals surface area contributed by atoms with Crippen LogP contribution in [-0.2, 0) is 11.3 Å². The van der Waals surface area contributed by atoms with Gasteiger partial charge in [0.05, 0.1) is 11.6 Å². The molecule has 0 aliphatic heterocycles. The van der Waals surface area contributed by atoms with Crippen molar-refractivity contribution in [2.45, 2.75) is 45.8 Å². The minimum Gasteiger partial charge on any atom is -0.478 e. The molecule has 0 spiro atoms. The topological polar surface area (TPSA) is 78.4 Å². The van der Waals surface area contributed by atoms with Crippen molar-refractivity contribution in [2.24, 2.45) is 0 Å². The summed E-state index contributed by atoms with van der Waals surface area (Å²) in [5, 5.41) is 14.9. The van der Waals surface area contributed by atoms with Gasteiger partial charge in [-0.15, -0.1) is 0 Å². The van der Waals surface area contributed by atoms with Gasteiger partial charge in [-0.2, -0.15) is 0 Å². The molecule has 0 radical (unpaired) electrons. The van der Waals surface area contributed by atoms with E-state index < -0.39 is 5.97 Å². The van der Waals surface area contributed by atoms with Gasteiger partial charge in [0.1, 0.15) is 0 Å². The molecule has 0 fully saturated rings. The summed E-state index contributed by atoms with van der Waals surface area (Å²) in [6.45, 7) is 8.05. The SMILES string of the molecule is CC(NCc1ccc(C(=O)O)cc1Br)C(=O)NC(C)(C)C. The van der Waals surface area contributed by atoms with Crippen LogP contribution in [0.1, 0.15) is 43.6 Å². The molecule has 0 aromatic heterocycles. The Labute approximate surface area is 133 Å². The summed E-state index contributed by atoms with van der Waals surface area (Å²) in [5.74, 6) is -1.03. The number of hydrogen-bond acceptors (Lipinski definition) is 3. The van der Waals surface area contributed by atoms with E-state index >= 15 is 0 Å². The maximum absolute atomic E-state index is 11.9. The van der Waals surface area contributed by atoms with Gasteiger partial charge in [0.15, 0.2) is 0 Å². The minimum atomic E-state index is -0.965. The third-order valence-corrected chi connectivity index (χ3v) is 3.53. The molecule has 5 nitrogen and oxygen atoms in total. The number of carboxylic acids is 1. The first-order chi connectivity index (χ1) is 9.60. The first kappa shape index (κ1) is 17.7. The van der Waals surface area contributed by atoms with Crippen LogP contribution in [0.25, 0.3) is 0 Å². The van der Waals surface area contributed by atoms with Crippen molar-refractivity contribution in [2.75, 3.05) is 0 Å². The third-order valence-electron chi connectivity index (χ3n) is 2.79. The van der Waals surface area contributed by atoms with Crippen LogP contribution < -0.4 is 10.6 Å². The highest BCUT2D eigenvalue weighted by Crippen LogP contribution is 2.18. The molecule has 1 atom stereocenters. The number of rotatable bonds is 5. The van der Waals surface area contributed by atoms with Gasteiger partial charge in [-0.3, -0.25) is 4.79 Å². The number of carboxylic acid groups (broad SMARTS) is 1. The molecular formula is C15H21BrN2O3. The molecule has 21 heavy (non-hydrogen) atoms. The van der Waals surface area contributed by atoms with E-state index in [1.165, 1.54) is 0 Å². The lowest BCUT2D eigenvalue weighted by molar-refractivity contribution is -0.124. The number of amides is 1. The van der Waals surface area contributed by atoms with Crippen LogP contribution in [0.3, 0.4) is 0 Å². The predicted octanol–water partition coefficient (Wildman–Crippen LogP) is 2.54. The first-order valence-corrected chi connectivity index (χ1v) is 7.46. The van der Waals surface area contributed by atoms with E-state index in [-0.39, 0.29) is 23.1 Å². The number of benzene rings is 1. The van der Waals surface area contributed by atoms with Crippen molar-refractivity contribution in [3.8, 4) is 0 Å². The van der Waals surface area contributed by atoms with Crippen LogP contribution in [-0.4, -0.2) is 28.6 Å². The van der Waals surface area contributed by atoms with Gasteiger partial charge in [-0.05, 0) is 45.4 Å². The molecular weight excluding hydrogens is 336 g/mol. The molecule has 1 unspecified atom stereocenters. The lowest BCUT2D eigenvalue weighted by Gasteiger charge is -2.23. The highest BCUT2D eigenvalue weighted by molar-refractivity contribution is 9.10. The van der Waals surface area contributed by atoms with Gasteiger partial charge in [-0.1, -0.05) is 22.0 Å². The zero-order chi connectivity index (χ0) is 16.2. The zero-order valence-corrected chi connectivity index (χ0v) is 14.2. The molecule has 6 heteroatoms. The van der Waals surface area contributed by atoms with E-state index in [2.05, 4.69) is 26.6 Å². The monoisotopic (exact) mass is 356 g/mol. The van der Waals surface area contributed by atoms with Gasteiger partial charge in [-0.25, -0.2) is 4.79 Å². The van der Waals surface area contributed by atoms with Crippen LogP contribution >= 0.6 is 15.9 Å². The molecule has 0 aliphatic carbocycles. The van der Waals surface area contributed by atoms with Crippen molar-refractivity contribution in [1.82, 2.24) is 10.6 Å². The number of hydrogen-bond donors (Lipinski definition) is 3. The fourth-order valence-electron chi connectivity index (χ4n) is 1.66. The molecule has 1 aromatic rings. The van der Waals surface area contributed by atoms with Gasteiger partial charge >= 0.3 is 5.97 Å². The Morgan fingerprint density at radius 2 is 1.95 bits per heavy atom. The summed E-state index contributed by atoms with van der Waals surface area (Å²) in [5.41, 5.74) is 0.857. The number of carbonyl (C=O) groups excluding carboxylic acids is 1. The van der Waals surface area contributed by atoms with Crippen molar-refractivity contribution in [1.29, 1.82) is 0 Å². The van der Waals surface area contributed by atoms with Gasteiger partial charge < -0.3 is 15.7 Å². The van der Waals surface area contributed by atoms with Crippen molar-refractivity contribution < 1.29 is 14.7 Å². The molecule has 1 aromatic carbocycles. The summed E-state index contributed by atoms with van der Waals surface area (Å²) in [7, 11) is 0. The van der Waals surface area contributed by atoms with E-state index in [1.54, 1.807) is 25.1 Å². The van der Waals surface area contributed by atoms with Gasteiger partial charge in [0.25, 0.3) is 0 Å². The summed E-state index contributed by atoms with van der Waals surface area (Å²) in [6.07, 6.45) is 0. The molecule has 116 valence electrons. The quantitative estimate of drug-likeness (QED) is 0.757. The second-order valence-corrected chi connectivity index (χ2v) is 6.81. The highest BCUT2D eigenvalue weighted by atomic mass is 79.9. The number of halogens is 1. The Kier molecular flexibility index (Phi) is 5.92. The number of carbonyl (C=O) groups is 2. The second-order valence-electron chi connectivity index (χ2n) is 5.95. The molecule has 0 aliphatic rings. The third kappa shape index (κ3) is 5.85. The molecule has 0 heterocycles. The van der Waals surface area contributed by atoms with E-state index in [0.717, 1.165) is 5.56 Å². The van der Waals surface area contributed by atoms with E-state index in [0.29, 0.717) is 11.0 Å². The summed E-state index contributed by atoms with van der Waals surface area (Å²) >= 11 is 3.35. The Morgan fingerprint density at radius 3 is 2.43 bits per heavy atom. The van der Waals surface area contributed by atoms with Crippen LogP contribution in [0.15, 0.2) is 22.7 Å². The largest absolute Gasteiger partial charge is 0.478 e. The maximum atomic E-state index is 11.9. The second kappa shape index (κ2) is 7.04. The minimum absolute atomic E-state index is 0.0687. The normalized spacial score (nSPS) is 12.8. The van der Waals surface area contributed by atoms with Crippen molar-refractivity contribution in [3.05, 3.63) is 33.8 Å². The molecule has 0 bridgehead atoms. The lowest BCUT2D eigenvalue weighted by Crippen LogP contribution is -2.49. The Bertz CT molecular complexity index is 538. The Balaban J connectivity index is 2.63. The molecule has 1 amide bonds. The van der Waals surface area contributed by atoms with Crippen molar-refractivity contribution in [3.63, 3.8) is 0 Å². The number of aromatic carboxylic acids is 1. The zero-order valence-electron chi connectivity index (χ0n) is 12.7. The standard InChI is InChI=1S/C15H21BrN2O3/c1-9(13(19)18-15(2,3)4)17-8-11-6-5-10(14(20)21)7-12(11)16/h5-7,9,17H,8H2,1-4H3,(H,18,19)(H,20,21). The molecule has 0 saturated carbocycles. The lowest BCUT2D eigenvalue weighted by atomic mass is 10.1. The van der Waals surface area contributed by atoms with Crippen LogP contribution in [0.2, 0.25) is 0 Å². The fraction of sp³-hybridized carbons (Fsp3) is 0.467. The highest BCUT2D eigenvalue weighted by Gasteiger charge is 2.19. The van der Waals surface area contributed by atoms with Crippen molar-refractivity contribution >= 4 is 27.8 Å². The Hall–Kier alpha value is -1.40.